The van der Waals surface area contributed by atoms with Crippen molar-refractivity contribution in [2.75, 3.05) is 27.2 Å². The Morgan fingerprint density at radius 2 is 1.85 bits per heavy atom. The molecule has 0 saturated heterocycles. The van der Waals surface area contributed by atoms with Crippen LogP contribution in [-0.2, 0) is 0 Å². The van der Waals surface area contributed by atoms with Crippen LogP contribution >= 0.6 is 0 Å². The van der Waals surface area contributed by atoms with Gasteiger partial charge in [0.2, 0.25) is 0 Å². The largest absolute Gasteiger partial charge is 0.318 e. The van der Waals surface area contributed by atoms with E-state index in [0.717, 1.165) is 6.54 Å². The molecular weight excluding hydrogens is 160 g/mol. The van der Waals surface area contributed by atoms with Gasteiger partial charge in [-0.2, -0.15) is 0 Å². The van der Waals surface area contributed by atoms with Crippen LogP contribution in [0.3, 0.4) is 0 Å². The fraction of sp³-hybridized carbons (Fsp3) is 1.00. The van der Waals surface area contributed by atoms with Crippen LogP contribution in [0.15, 0.2) is 0 Å². The molecule has 2 nitrogen and oxygen atoms in total. The van der Waals surface area contributed by atoms with Crippen molar-refractivity contribution < 1.29 is 0 Å². The molecule has 0 aromatic rings. The Bertz CT molecular complexity index is 121. The zero-order valence-electron chi connectivity index (χ0n) is 9.98. The molecule has 0 aromatic heterocycles. The van der Waals surface area contributed by atoms with E-state index in [4.69, 9.17) is 0 Å². The van der Waals surface area contributed by atoms with Crippen molar-refractivity contribution in [1.29, 1.82) is 0 Å². The fourth-order valence-corrected chi connectivity index (χ4v) is 1.47. The lowest BCUT2D eigenvalue weighted by Crippen LogP contribution is -2.48. The smallest absolute Gasteiger partial charge is 0.0274 e. The Balaban J connectivity index is 3.72. The molecule has 0 aliphatic carbocycles. The van der Waals surface area contributed by atoms with E-state index in [1.165, 1.54) is 25.8 Å². The molecule has 0 saturated carbocycles. The molecule has 0 aromatic carbocycles. The average Bonchev–Trinajstić information content (AvgIpc) is 2.04. The highest BCUT2D eigenvalue weighted by molar-refractivity contribution is 4.80. The zero-order valence-corrected chi connectivity index (χ0v) is 9.98. The minimum absolute atomic E-state index is 0.280. The van der Waals surface area contributed by atoms with Gasteiger partial charge in [0.05, 0.1) is 0 Å². The lowest BCUT2D eigenvalue weighted by atomic mass is 10.0. The van der Waals surface area contributed by atoms with Crippen molar-refractivity contribution in [3.63, 3.8) is 0 Å². The summed E-state index contributed by atoms with van der Waals surface area (Å²) < 4.78 is 0. The number of nitrogens with one attached hydrogen (secondary N) is 1. The highest BCUT2D eigenvalue weighted by Crippen LogP contribution is 2.11. The van der Waals surface area contributed by atoms with Crippen molar-refractivity contribution in [1.82, 2.24) is 10.2 Å². The quantitative estimate of drug-likeness (QED) is 0.613. The van der Waals surface area contributed by atoms with Crippen LogP contribution in [0.2, 0.25) is 0 Å². The second kappa shape index (κ2) is 6.39. The van der Waals surface area contributed by atoms with Crippen molar-refractivity contribution in [3.05, 3.63) is 0 Å². The van der Waals surface area contributed by atoms with Crippen molar-refractivity contribution in [2.24, 2.45) is 0 Å². The third-order valence-corrected chi connectivity index (χ3v) is 2.74. The Morgan fingerprint density at radius 3 is 2.31 bits per heavy atom. The molecule has 0 rings (SSSR count). The van der Waals surface area contributed by atoms with Gasteiger partial charge in [0.1, 0.15) is 0 Å². The van der Waals surface area contributed by atoms with Gasteiger partial charge in [0.15, 0.2) is 0 Å². The van der Waals surface area contributed by atoms with E-state index in [-0.39, 0.29) is 5.54 Å². The molecule has 0 unspecified atom stereocenters. The Hall–Kier alpha value is -0.0800. The van der Waals surface area contributed by atoms with Crippen LogP contribution in [-0.4, -0.2) is 37.6 Å². The highest BCUT2D eigenvalue weighted by Gasteiger charge is 2.21. The second-order valence-electron chi connectivity index (χ2n) is 4.47. The number of likely N-dealkylation sites (N-methyl/N-ethyl adjacent to an activating group) is 2. The summed E-state index contributed by atoms with van der Waals surface area (Å²) >= 11 is 0. The molecule has 80 valence electrons. The first kappa shape index (κ1) is 12.9. The molecule has 13 heavy (non-hydrogen) atoms. The summed E-state index contributed by atoms with van der Waals surface area (Å²) in [5, 5.41) is 3.24. The van der Waals surface area contributed by atoms with Gasteiger partial charge in [-0.3, -0.25) is 4.90 Å². The fourth-order valence-electron chi connectivity index (χ4n) is 1.47. The van der Waals surface area contributed by atoms with Crippen LogP contribution in [0.1, 0.15) is 40.0 Å². The predicted octanol–water partition coefficient (Wildman–Crippen LogP) is 2.11. The number of hydrogen-bond acceptors (Lipinski definition) is 2. The Kier molecular flexibility index (Phi) is 6.35. The van der Waals surface area contributed by atoms with E-state index < -0.39 is 0 Å². The molecule has 0 aliphatic heterocycles. The highest BCUT2D eigenvalue weighted by atomic mass is 15.2. The normalized spacial score (nSPS) is 12.5. The minimum Gasteiger partial charge on any atom is -0.318 e. The number of unbranched alkanes of at least 4 members (excludes halogenated alkanes) is 2. The molecule has 0 fully saturated rings. The standard InChI is InChI=1S/C11H26N2/c1-6-7-8-9-13(5)11(2,3)10-12-4/h12H,6-10H2,1-5H3. The van der Waals surface area contributed by atoms with Crippen LogP contribution in [0.25, 0.3) is 0 Å². The lowest BCUT2D eigenvalue weighted by Gasteiger charge is -2.35. The average molecular weight is 186 g/mol. The van der Waals surface area contributed by atoms with Gasteiger partial charge in [-0.1, -0.05) is 19.8 Å². The Morgan fingerprint density at radius 1 is 1.23 bits per heavy atom. The number of hydrogen-bond donors (Lipinski definition) is 1. The molecule has 2 heteroatoms. The lowest BCUT2D eigenvalue weighted by molar-refractivity contribution is 0.153. The van der Waals surface area contributed by atoms with Gasteiger partial charge in [-0.25, -0.2) is 0 Å². The monoisotopic (exact) mass is 186 g/mol. The second-order valence-corrected chi connectivity index (χ2v) is 4.47. The molecule has 0 bridgehead atoms. The minimum atomic E-state index is 0.280. The molecule has 0 heterocycles. The molecule has 1 N–H and O–H groups in total. The van der Waals surface area contributed by atoms with E-state index >= 15 is 0 Å². The third kappa shape index (κ3) is 5.27. The zero-order chi connectivity index (χ0) is 10.3. The number of rotatable bonds is 7. The van der Waals surface area contributed by atoms with Gasteiger partial charge >= 0.3 is 0 Å². The van der Waals surface area contributed by atoms with Crippen molar-refractivity contribution >= 4 is 0 Å². The summed E-state index contributed by atoms with van der Waals surface area (Å²) in [7, 11) is 4.23. The molecular formula is C11H26N2. The molecule has 0 spiro atoms. The summed E-state index contributed by atoms with van der Waals surface area (Å²) in [6, 6.07) is 0. The van der Waals surface area contributed by atoms with Crippen LogP contribution < -0.4 is 5.32 Å². The van der Waals surface area contributed by atoms with E-state index in [1.54, 1.807) is 0 Å². The maximum absolute atomic E-state index is 3.24. The van der Waals surface area contributed by atoms with Gasteiger partial charge in [0.25, 0.3) is 0 Å². The number of nitrogens with zero attached hydrogens (tertiary/aromatic N) is 1. The third-order valence-electron chi connectivity index (χ3n) is 2.74. The predicted molar refractivity (Wildman–Crippen MR) is 60.2 cm³/mol. The topological polar surface area (TPSA) is 15.3 Å². The van der Waals surface area contributed by atoms with E-state index in [9.17, 15) is 0 Å². The maximum atomic E-state index is 3.24. The van der Waals surface area contributed by atoms with Crippen LogP contribution in [0, 0.1) is 0 Å². The summed E-state index contributed by atoms with van der Waals surface area (Å²) in [5.41, 5.74) is 0.280. The van der Waals surface area contributed by atoms with Crippen LogP contribution in [0.4, 0.5) is 0 Å². The SMILES string of the molecule is CCCCCN(C)C(C)(C)CNC. The van der Waals surface area contributed by atoms with Gasteiger partial charge in [-0.05, 0) is 40.9 Å². The molecule has 0 amide bonds. The van der Waals surface area contributed by atoms with E-state index in [0.29, 0.717) is 0 Å². The van der Waals surface area contributed by atoms with Crippen molar-refractivity contribution in [2.45, 2.75) is 45.6 Å². The molecule has 0 radical (unpaired) electrons. The summed E-state index contributed by atoms with van der Waals surface area (Å²) in [6.07, 6.45) is 3.97. The summed E-state index contributed by atoms with van der Waals surface area (Å²) in [5.74, 6) is 0. The maximum Gasteiger partial charge on any atom is 0.0274 e. The van der Waals surface area contributed by atoms with Crippen molar-refractivity contribution in [3.8, 4) is 0 Å². The first-order valence-electron chi connectivity index (χ1n) is 5.40. The van der Waals surface area contributed by atoms with E-state index in [2.05, 4.69) is 38.0 Å². The summed E-state index contributed by atoms with van der Waals surface area (Å²) in [4.78, 5) is 2.44. The Labute approximate surface area is 83.7 Å². The molecule has 0 atom stereocenters. The van der Waals surface area contributed by atoms with Crippen LogP contribution in [0.5, 0.6) is 0 Å². The summed E-state index contributed by atoms with van der Waals surface area (Å²) in [6.45, 7) is 9.09. The first-order chi connectivity index (χ1) is 6.04. The first-order valence-corrected chi connectivity index (χ1v) is 5.40. The van der Waals surface area contributed by atoms with Gasteiger partial charge in [0, 0.05) is 12.1 Å². The van der Waals surface area contributed by atoms with Gasteiger partial charge < -0.3 is 5.32 Å². The van der Waals surface area contributed by atoms with Gasteiger partial charge in [-0.15, -0.1) is 0 Å². The van der Waals surface area contributed by atoms with E-state index in [1.807, 2.05) is 7.05 Å². The molecule has 0 aliphatic rings.